The van der Waals surface area contributed by atoms with Crippen LogP contribution in [0, 0.1) is 0 Å². The molecule has 0 spiro atoms. The molecule has 4 heterocycles. The van der Waals surface area contributed by atoms with Crippen LogP contribution >= 0.6 is 34.3 Å². The standard InChI is InChI=1S/C32H45ClN4O4S3/c33-29-17-15-27(42-29)28-16-18-31(43-28)44(40,41)34-26-14-8-19-35(32(26)39)22-30(38)36-20-7-13-25(36)21-37(23-9-3-1-4-10-23)24-11-5-2-6-12-24/h15-18,23-26,34H,1-14,19-22H2/t25-,26-/m0/s1. The third kappa shape index (κ3) is 7.55. The molecule has 8 nitrogen and oxygen atoms in total. The predicted octanol–water partition coefficient (Wildman–Crippen LogP) is 6.36. The number of rotatable bonds is 10. The predicted molar refractivity (Wildman–Crippen MR) is 178 cm³/mol. The Bertz CT molecular complexity index is 1380. The van der Waals surface area contributed by atoms with Crippen molar-refractivity contribution in [3.05, 3.63) is 28.6 Å². The first kappa shape index (κ1) is 32.4. The van der Waals surface area contributed by atoms with Gasteiger partial charge in [0.2, 0.25) is 11.8 Å². The van der Waals surface area contributed by atoms with Gasteiger partial charge in [-0.2, -0.15) is 4.72 Å². The van der Waals surface area contributed by atoms with Gasteiger partial charge >= 0.3 is 0 Å². The first-order chi connectivity index (χ1) is 21.3. The second-order valence-electron chi connectivity index (χ2n) is 13.0. The zero-order chi connectivity index (χ0) is 30.7. The van der Waals surface area contributed by atoms with E-state index in [9.17, 15) is 18.0 Å². The molecule has 0 aromatic carbocycles. The molecule has 2 amide bonds. The molecule has 2 saturated carbocycles. The van der Waals surface area contributed by atoms with Crippen molar-refractivity contribution in [3.8, 4) is 9.75 Å². The Morgan fingerprint density at radius 2 is 1.48 bits per heavy atom. The number of piperidine rings is 1. The van der Waals surface area contributed by atoms with E-state index < -0.39 is 16.1 Å². The Labute approximate surface area is 275 Å². The van der Waals surface area contributed by atoms with Gasteiger partial charge in [-0.05, 0) is 75.6 Å². The molecule has 44 heavy (non-hydrogen) atoms. The second-order valence-corrected chi connectivity index (χ2v) is 17.7. The van der Waals surface area contributed by atoms with Crippen molar-refractivity contribution >= 4 is 56.1 Å². The van der Waals surface area contributed by atoms with E-state index in [0.717, 1.165) is 47.0 Å². The van der Waals surface area contributed by atoms with Crippen molar-refractivity contribution in [2.45, 2.75) is 118 Å². The minimum atomic E-state index is -3.89. The summed E-state index contributed by atoms with van der Waals surface area (Å²) in [5.74, 6) is -0.314. The van der Waals surface area contributed by atoms with E-state index in [0.29, 0.717) is 35.8 Å². The van der Waals surface area contributed by atoms with Gasteiger partial charge in [0.25, 0.3) is 10.0 Å². The van der Waals surface area contributed by atoms with Gasteiger partial charge in [0.1, 0.15) is 10.3 Å². The van der Waals surface area contributed by atoms with Crippen LogP contribution in [-0.4, -0.2) is 85.3 Å². The summed E-state index contributed by atoms with van der Waals surface area (Å²) in [6.45, 7) is 2.17. The number of amides is 2. The van der Waals surface area contributed by atoms with Gasteiger partial charge in [0, 0.05) is 47.5 Å². The molecule has 0 unspecified atom stereocenters. The number of hydrogen-bond donors (Lipinski definition) is 1. The highest BCUT2D eigenvalue weighted by molar-refractivity contribution is 7.91. The molecule has 242 valence electrons. The van der Waals surface area contributed by atoms with Crippen molar-refractivity contribution in [1.82, 2.24) is 19.4 Å². The fraction of sp³-hybridized carbons (Fsp3) is 0.688. The third-order valence-electron chi connectivity index (χ3n) is 10.0. The van der Waals surface area contributed by atoms with Crippen molar-refractivity contribution in [1.29, 1.82) is 0 Å². The molecule has 6 rings (SSSR count). The normalized spacial score (nSPS) is 24.5. The van der Waals surface area contributed by atoms with Gasteiger partial charge in [-0.3, -0.25) is 14.5 Å². The summed E-state index contributed by atoms with van der Waals surface area (Å²) >= 11 is 8.62. The zero-order valence-corrected chi connectivity index (χ0v) is 28.6. The number of nitrogens with zero attached hydrogens (tertiary/aromatic N) is 3. The van der Waals surface area contributed by atoms with Gasteiger partial charge in [0.15, 0.2) is 0 Å². The van der Waals surface area contributed by atoms with E-state index in [1.54, 1.807) is 23.1 Å². The fourth-order valence-electron chi connectivity index (χ4n) is 7.77. The van der Waals surface area contributed by atoms with Crippen LogP contribution in [0.2, 0.25) is 4.34 Å². The van der Waals surface area contributed by atoms with Crippen LogP contribution in [0.3, 0.4) is 0 Å². The summed E-state index contributed by atoms with van der Waals surface area (Å²) < 4.78 is 30.0. The molecule has 2 atom stereocenters. The van der Waals surface area contributed by atoms with Crippen molar-refractivity contribution < 1.29 is 18.0 Å². The Balaban J connectivity index is 1.08. The zero-order valence-electron chi connectivity index (χ0n) is 25.4. The summed E-state index contributed by atoms with van der Waals surface area (Å²) in [7, 11) is -3.89. The lowest BCUT2D eigenvalue weighted by Gasteiger charge is -2.44. The molecule has 0 bridgehead atoms. The van der Waals surface area contributed by atoms with Gasteiger partial charge < -0.3 is 9.80 Å². The highest BCUT2D eigenvalue weighted by Gasteiger charge is 2.38. The molecule has 0 radical (unpaired) electrons. The Kier molecular flexibility index (Phi) is 10.7. The van der Waals surface area contributed by atoms with Crippen molar-refractivity contribution in [2.75, 3.05) is 26.2 Å². The van der Waals surface area contributed by atoms with Crippen LogP contribution in [0.1, 0.15) is 89.9 Å². The molecule has 2 saturated heterocycles. The van der Waals surface area contributed by atoms with Crippen LogP contribution in [0.25, 0.3) is 9.75 Å². The van der Waals surface area contributed by atoms with Crippen LogP contribution < -0.4 is 4.72 Å². The molecule has 2 aromatic heterocycles. The SMILES string of the molecule is O=C1[C@@H](NS(=O)(=O)c2ccc(-c3ccc(Cl)s3)s2)CCCN1CC(=O)N1CCC[C@H]1CN(C1CCCCC1)C1CCCCC1. The molecule has 12 heteroatoms. The molecular formula is C32H45ClN4O4S3. The maximum atomic E-state index is 13.7. The van der Waals surface area contributed by atoms with Crippen LogP contribution in [0.4, 0.5) is 0 Å². The summed E-state index contributed by atoms with van der Waals surface area (Å²) in [5, 5.41) is 0. The first-order valence-corrected chi connectivity index (χ1v) is 20.0. The van der Waals surface area contributed by atoms with E-state index in [1.807, 2.05) is 11.0 Å². The topological polar surface area (TPSA) is 90.0 Å². The summed E-state index contributed by atoms with van der Waals surface area (Å²) in [6.07, 6.45) is 16.1. The van der Waals surface area contributed by atoms with Gasteiger partial charge in [0.05, 0.1) is 10.9 Å². The molecule has 4 fully saturated rings. The van der Waals surface area contributed by atoms with Gasteiger partial charge in [-0.1, -0.05) is 50.1 Å². The van der Waals surface area contributed by atoms with E-state index >= 15 is 0 Å². The van der Waals surface area contributed by atoms with Crippen LogP contribution in [0.15, 0.2) is 28.5 Å². The largest absolute Gasteiger partial charge is 0.337 e. The van der Waals surface area contributed by atoms with Crippen molar-refractivity contribution in [3.63, 3.8) is 0 Å². The van der Waals surface area contributed by atoms with E-state index in [2.05, 4.69) is 9.62 Å². The summed E-state index contributed by atoms with van der Waals surface area (Å²) in [5.41, 5.74) is 0. The summed E-state index contributed by atoms with van der Waals surface area (Å²) in [6, 6.07) is 7.58. The van der Waals surface area contributed by atoms with E-state index in [-0.39, 0.29) is 28.6 Å². The average molecular weight is 681 g/mol. The van der Waals surface area contributed by atoms with Crippen LogP contribution in [0.5, 0.6) is 0 Å². The molecule has 2 aliphatic carbocycles. The number of carbonyl (C=O) groups is 2. The number of halogens is 1. The van der Waals surface area contributed by atoms with Gasteiger partial charge in [-0.15, -0.1) is 22.7 Å². The van der Waals surface area contributed by atoms with E-state index in [1.165, 1.54) is 75.5 Å². The lowest BCUT2D eigenvalue weighted by Crippen LogP contribution is -2.56. The first-order valence-electron chi connectivity index (χ1n) is 16.5. The van der Waals surface area contributed by atoms with Crippen molar-refractivity contribution in [2.24, 2.45) is 0 Å². The second kappa shape index (κ2) is 14.5. The van der Waals surface area contributed by atoms with Gasteiger partial charge in [-0.25, -0.2) is 8.42 Å². The van der Waals surface area contributed by atoms with E-state index in [4.69, 9.17) is 11.6 Å². The number of thiophene rings is 2. The van der Waals surface area contributed by atoms with Crippen LogP contribution in [-0.2, 0) is 19.6 Å². The third-order valence-corrected chi connectivity index (χ3v) is 14.5. The Morgan fingerprint density at radius 3 is 2.14 bits per heavy atom. The number of carbonyl (C=O) groups excluding carboxylic acids is 2. The number of hydrogen-bond acceptors (Lipinski definition) is 7. The number of sulfonamides is 1. The number of nitrogens with one attached hydrogen (secondary N) is 1. The Hall–Kier alpha value is -1.50. The lowest BCUT2D eigenvalue weighted by molar-refractivity contribution is -0.143. The monoisotopic (exact) mass is 680 g/mol. The average Bonchev–Trinajstić information content (AvgIpc) is 3.80. The molecule has 2 aromatic rings. The lowest BCUT2D eigenvalue weighted by atomic mass is 9.88. The molecule has 1 N–H and O–H groups in total. The molecular weight excluding hydrogens is 636 g/mol. The Morgan fingerprint density at radius 1 is 0.841 bits per heavy atom. The maximum Gasteiger partial charge on any atom is 0.250 e. The quantitative estimate of drug-likeness (QED) is 0.316. The minimum Gasteiger partial charge on any atom is -0.337 e. The summed E-state index contributed by atoms with van der Waals surface area (Å²) in [4.78, 5) is 35.3. The highest BCUT2D eigenvalue weighted by atomic mass is 35.5. The number of likely N-dealkylation sites (tertiary alicyclic amines) is 2. The minimum absolute atomic E-state index is 0.00546. The molecule has 2 aliphatic heterocycles. The molecule has 4 aliphatic rings. The maximum absolute atomic E-state index is 13.7. The fourth-order valence-corrected chi connectivity index (χ4v) is 11.4. The smallest absolute Gasteiger partial charge is 0.250 e. The highest BCUT2D eigenvalue weighted by Crippen LogP contribution is 2.37.